The van der Waals surface area contributed by atoms with Gasteiger partial charge in [-0.15, -0.1) is 11.3 Å². The number of hydrogen-bond donors (Lipinski definition) is 2. The third-order valence-corrected chi connectivity index (χ3v) is 5.30. The number of nitrogens with zero attached hydrogens (tertiary/aromatic N) is 2. The van der Waals surface area contributed by atoms with Gasteiger partial charge >= 0.3 is 0 Å². The molecule has 9 heteroatoms. The van der Waals surface area contributed by atoms with Crippen LogP contribution in [0.2, 0.25) is 0 Å². The molecule has 0 aliphatic heterocycles. The monoisotopic (exact) mass is 452 g/mol. The van der Waals surface area contributed by atoms with Gasteiger partial charge in [0.1, 0.15) is 11.9 Å². The Balaban J connectivity index is 1.70. The molecule has 1 aromatic heterocycles. The van der Waals surface area contributed by atoms with Gasteiger partial charge in [0.05, 0.1) is 11.4 Å². The summed E-state index contributed by atoms with van der Waals surface area (Å²) in [5, 5.41) is 4.47. The molecule has 7 nitrogen and oxygen atoms in total. The third-order valence-electron chi connectivity index (χ3n) is 4.46. The minimum atomic E-state index is -0.866. The van der Waals surface area contributed by atoms with Gasteiger partial charge in [0.2, 0.25) is 17.7 Å². The van der Waals surface area contributed by atoms with Crippen LogP contribution in [0, 0.1) is 5.82 Å². The van der Waals surface area contributed by atoms with E-state index in [0.29, 0.717) is 5.69 Å². The van der Waals surface area contributed by atoms with Gasteiger partial charge in [-0.3, -0.25) is 19.3 Å². The lowest BCUT2D eigenvalue weighted by molar-refractivity contribution is -0.124. The largest absolute Gasteiger partial charge is 0.368 e. The van der Waals surface area contributed by atoms with Crippen LogP contribution in [-0.2, 0) is 20.8 Å². The summed E-state index contributed by atoms with van der Waals surface area (Å²) in [7, 11) is 0. The first-order chi connectivity index (χ1) is 15.3. The van der Waals surface area contributed by atoms with Gasteiger partial charge < -0.3 is 11.1 Å². The Morgan fingerprint density at radius 1 is 1.16 bits per heavy atom. The molecule has 164 valence electrons. The number of carbonyl (C=O) groups excluding carboxylic acids is 3. The van der Waals surface area contributed by atoms with Crippen LogP contribution in [0.3, 0.4) is 0 Å². The van der Waals surface area contributed by atoms with E-state index in [9.17, 15) is 18.8 Å². The zero-order valence-corrected chi connectivity index (χ0v) is 18.0. The first-order valence-electron chi connectivity index (χ1n) is 9.67. The van der Waals surface area contributed by atoms with Gasteiger partial charge in [-0.05, 0) is 23.8 Å². The number of amides is 3. The van der Waals surface area contributed by atoms with E-state index in [0.717, 1.165) is 16.9 Å². The molecule has 2 aromatic carbocycles. The lowest BCUT2D eigenvalue weighted by atomic mass is 10.1. The molecule has 32 heavy (non-hydrogen) atoms. The molecule has 0 bridgehead atoms. The summed E-state index contributed by atoms with van der Waals surface area (Å²) in [5.41, 5.74) is 6.77. The molecular formula is C23H21FN4O3S. The zero-order valence-electron chi connectivity index (χ0n) is 17.2. The van der Waals surface area contributed by atoms with Gasteiger partial charge in [0.15, 0.2) is 5.13 Å². The van der Waals surface area contributed by atoms with Crippen LogP contribution in [0.4, 0.5) is 15.2 Å². The number of hydrogen-bond acceptors (Lipinski definition) is 5. The number of nitrogens with two attached hydrogens (primary N) is 1. The third kappa shape index (κ3) is 5.86. The van der Waals surface area contributed by atoms with Gasteiger partial charge in [-0.25, -0.2) is 9.37 Å². The van der Waals surface area contributed by atoms with Crippen LogP contribution < -0.4 is 16.0 Å². The topological polar surface area (TPSA) is 105 Å². The molecule has 0 aliphatic rings. The van der Waals surface area contributed by atoms with E-state index < -0.39 is 29.6 Å². The molecule has 3 amide bonds. The number of primary amides is 1. The lowest BCUT2D eigenvalue weighted by Gasteiger charge is -2.18. The van der Waals surface area contributed by atoms with E-state index in [-0.39, 0.29) is 17.2 Å². The Hall–Kier alpha value is -3.85. The van der Waals surface area contributed by atoms with E-state index in [1.807, 2.05) is 30.3 Å². The summed E-state index contributed by atoms with van der Waals surface area (Å²) in [6.07, 6.45) is 2.93. The van der Waals surface area contributed by atoms with Crippen LogP contribution in [0.25, 0.3) is 6.08 Å². The van der Waals surface area contributed by atoms with Crippen LogP contribution in [0.5, 0.6) is 0 Å². The summed E-state index contributed by atoms with van der Waals surface area (Å²) in [6, 6.07) is 14.2. The van der Waals surface area contributed by atoms with E-state index in [1.165, 1.54) is 42.2 Å². The van der Waals surface area contributed by atoms with Crippen LogP contribution >= 0.6 is 11.3 Å². The van der Waals surface area contributed by atoms with Gasteiger partial charge in [0, 0.05) is 24.8 Å². The Morgan fingerprint density at radius 3 is 2.50 bits per heavy atom. The molecular weight excluding hydrogens is 431 g/mol. The number of rotatable bonds is 8. The van der Waals surface area contributed by atoms with Crippen LogP contribution in [0.15, 0.2) is 66.1 Å². The predicted molar refractivity (Wildman–Crippen MR) is 122 cm³/mol. The van der Waals surface area contributed by atoms with Gasteiger partial charge in [-0.2, -0.15) is 0 Å². The number of para-hydroxylation sites is 1. The van der Waals surface area contributed by atoms with Crippen LogP contribution in [-0.4, -0.2) is 28.7 Å². The minimum Gasteiger partial charge on any atom is -0.368 e. The average molecular weight is 453 g/mol. The summed E-state index contributed by atoms with van der Waals surface area (Å²) >= 11 is 1.13. The molecule has 0 saturated heterocycles. The van der Waals surface area contributed by atoms with Crippen molar-refractivity contribution < 1.29 is 18.8 Å². The van der Waals surface area contributed by atoms with Gasteiger partial charge in [0.25, 0.3) is 0 Å². The Bertz CT molecular complexity index is 1150. The van der Waals surface area contributed by atoms with E-state index >= 15 is 0 Å². The smallest absolute Gasteiger partial charge is 0.244 e. The maximum Gasteiger partial charge on any atom is 0.244 e. The first-order valence-corrected chi connectivity index (χ1v) is 10.6. The maximum atomic E-state index is 14.2. The SMILES string of the molecule is CC(=O)N(c1nc(/C=C/C(=O)NC(Cc2ccccc2)C(N)=O)cs1)c1ccccc1F. The standard InChI is InChI=1S/C23H21FN4O3S/c1-15(29)28(20-10-6-5-9-18(20)24)23-26-17(14-32-23)11-12-21(30)27-19(22(25)31)13-16-7-3-2-4-8-16/h2-12,14,19H,13H2,1H3,(H2,25,31)(H,27,30)/b12-11+. The number of nitrogens with one attached hydrogen (secondary N) is 1. The minimum absolute atomic E-state index is 0.0906. The highest BCUT2D eigenvalue weighted by Crippen LogP contribution is 2.30. The fraction of sp³-hybridized carbons (Fsp3) is 0.130. The fourth-order valence-electron chi connectivity index (χ4n) is 2.95. The number of carbonyl (C=O) groups is 3. The summed E-state index contributed by atoms with van der Waals surface area (Å²) in [5.74, 6) is -2.11. The second-order valence-electron chi connectivity index (χ2n) is 6.85. The summed E-state index contributed by atoms with van der Waals surface area (Å²) < 4.78 is 14.2. The molecule has 0 radical (unpaired) electrons. The van der Waals surface area contributed by atoms with Crippen molar-refractivity contribution in [1.82, 2.24) is 10.3 Å². The maximum absolute atomic E-state index is 14.2. The highest BCUT2D eigenvalue weighted by molar-refractivity contribution is 7.14. The van der Waals surface area contributed by atoms with Crippen molar-refractivity contribution in [2.24, 2.45) is 5.73 Å². The Labute approximate surface area is 188 Å². The highest BCUT2D eigenvalue weighted by Gasteiger charge is 2.21. The van der Waals surface area contributed by atoms with Crippen LogP contribution in [0.1, 0.15) is 18.2 Å². The number of anilines is 2. The molecule has 3 N–H and O–H groups in total. The number of benzene rings is 2. The molecule has 1 atom stereocenters. The predicted octanol–water partition coefficient (Wildman–Crippen LogP) is 3.19. The molecule has 0 saturated carbocycles. The molecule has 0 aliphatic carbocycles. The summed E-state index contributed by atoms with van der Waals surface area (Å²) in [6.45, 7) is 1.31. The summed E-state index contributed by atoms with van der Waals surface area (Å²) in [4.78, 5) is 41.6. The second kappa shape index (κ2) is 10.5. The molecule has 1 unspecified atom stereocenters. The van der Waals surface area contributed by atoms with Crippen molar-refractivity contribution in [1.29, 1.82) is 0 Å². The fourth-order valence-corrected chi connectivity index (χ4v) is 3.80. The van der Waals surface area contributed by atoms with E-state index in [4.69, 9.17) is 5.73 Å². The Morgan fingerprint density at radius 2 is 1.84 bits per heavy atom. The number of aromatic nitrogens is 1. The number of halogens is 1. The van der Waals surface area contributed by atoms with Crippen molar-refractivity contribution in [2.45, 2.75) is 19.4 Å². The highest BCUT2D eigenvalue weighted by atomic mass is 32.1. The molecule has 0 fully saturated rings. The van der Waals surface area contributed by atoms with Gasteiger partial charge in [-0.1, -0.05) is 42.5 Å². The average Bonchev–Trinajstić information content (AvgIpc) is 3.22. The van der Waals surface area contributed by atoms with E-state index in [1.54, 1.807) is 11.4 Å². The second-order valence-corrected chi connectivity index (χ2v) is 7.68. The van der Waals surface area contributed by atoms with Crippen molar-refractivity contribution in [3.05, 3.63) is 83.1 Å². The van der Waals surface area contributed by atoms with Crippen molar-refractivity contribution >= 4 is 46.0 Å². The van der Waals surface area contributed by atoms with E-state index in [2.05, 4.69) is 10.3 Å². The van der Waals surface area contributed by atoms with Crippen molar-refractivity contribution in [2.75, 3.05) is 4.90 Å². The van der Waals surface area contributed by atoms with Crippen molar-refractivity contribution in [3.8, 4) is 0 Å². The molecule has 3 rings (SSSR count). The lowest BCUT2D eigenvalue weighted by Crippen LogP contribution is -2.45. The quantitative estimate of drug-likeness (QED) is 0.512. The number of thiazole rings is 1. The van der Waals surface area contributed by atoms with Crippen molar-refractivity contribution in [3.63, 3.8) is 0 Å². The Kier molecular flexibility index (Phi) is 7.45. The molecule has 3 aromatic rings. The zero-order chi connectivity index (χ0) is 23.1. The molecule has 1 heterocycles. The first kappa shape index (κ1) is 22.8. The molecule has 0 spiro atoms. The normalized spacial score (nSPS) is 11.8.